The average molecular weight is 274 g/mol. The Morgan fingerprint density at radius 1 is 1.17 bits per heavy atom. The van der Waals surface area contributed by atoms with Gasteiger partial charge in [0.2, 0.25) is 6.10 Å². The molecule has 0 spiro atoms. The van der Waals surface area contributed by atoms with Crippen molar-refractivity contribution in [1.29, 1.82) is 0 Å². The second kappa shape index (κ2) is 6.47. The molecule has 0 rings (SSSR count). The molecule has 0 aliphatic rings. The SMILES string of the molecule is CC(C)[C@H](C(=O)C(O[SiH](C)C)C(=O)O)C(C)(C)C. The molecule has 1 unspecified atom stereocenters. The van der Waals surface area contributed by atoms with Crippen molar-refractivity contribution in [3.8, 4) is 0 Å². The summed E-state index contributed by atoms with van der Waals surface area (Å²) in [5.74, 6) is -1.69. The van der Waals surface area contributed by atoms with E-state index >= 15 is 0 Å². The molecule has 0 aromatic rings. The molecule has 0 amide bonds. The maximum absolute atomic E-state index is 12.4. The van der Waals surface area contributed by atoms with Crippen LogP contribution < -0.4 is 0 Å². The monoisotopic (exact) mass is 274 g/mol. The summed E-state index contributed by atoms with van der Waals surface area (Å²) in [5, 5.41) is 9.17. The summed E-state index contributed by atoms with van der Waals surface area (Å²) >= 11 is 0. The van der Waals surface area contributed by atoms with E-state index in [2.05, 4.69) is 0 Å². The van der Waals surface area contributed by atoms with Gasteiger partial charge in [-0.1, -0.05) is 34.6 Å². The average Bonchev–Trinajstić information content (AvgIpc) is 2.09. The number of hydrogen-bond acceptors (Lipinski definition) is 3. The summed E-state index contributed by atoms with van der Waals surface area (Å²) in [6.07, 6.45) is -1.30. The molecule has 0 radical (unpaired) electrons. The van der Waals surface area contributed by atoms with Crippen LogP contribution in [0.3, 0.4) is 0 Å². The zero-order chi connectivity index (χ0) is 14.7. The van der Waals surface area contributed by atoms with E-state index in [1.165, 1.54) is 0 Å². The van der Waals surface area contributed by atoms with Crippen molar-refractivity contribution >= 4 is 20.8 Å². The summed E-state index contributed by atoms with van der Waals surface area (Å²) in [4.78, 5) is 23.6. The highest BCUT2D eigenvalue weighted by atomic mass is 28.3. The van der Waals surface area contributed by atoms with Gasteiger partial charge in [0, 0.05) is 5.92 Å². The molecule has 0 bridgehead atoms. The number of aliphatic carboxylic acids is 1. The number of ketones is 1. The van der Waals surface area contributed by atoms with Gasteiger partial charge >= 0.3 is 5.97 Å². The maximum Gasteiger partial charge on any atom is 0.339 e. The molecule has 18 heavy (non-hydrogen) atoms. The lowest BCUT2D eigenvalue weighted by atomic mass is 9.71. The lowest BCUT2D eigenvalue weighted by Gasteiger charge is -2.34. The number of carboxylic acids is 1. The highest BCUT2D eigenvalue weighted by Gasteiger charge is 2.41. The minimum absolute atomic E-state index is 0.0942. The van der Waals surface area contributed by atoms with E-state index in [4.69, 9.17) is 9.53 Å². The predicted molar refractivity (Wildman–Crippen MR) is 74.2 cm³/mol. The van der Waals surface area contributed by atoms with Crippen molar-refractivity contribution in [2.75, 3.05) is 0 Å². The molecule has 0 aliphatic heterocycles. The topological polar surface area (TPSA) is 63.6 Å². The Balaban J connectivity index is 5.21. The van der Waals surface area contributed by atoms with Crippen LogP contribution in [0.4, 0.5) is 0 Å². The fourth-order valence-electron chi connectivity index (χ4n) is 2.44. The Bertz CT molecular complexity index is 305. The first-order chi connectivity index (χ1) is 7.98. The van der Waals surface area contributed by atoms with Crippen molar-refractivity contribution in [1.82, 2.24) is 0 Å². The van der Waals surface area contributed by atoms with Gasteiger partial charge in [-0.05, 0) is 24.4 Å². The predicted octanol–water partition coefficient (Wildman–Crippen LogP) is 2.33. The molecule has 0 heterocycles. The number of hydrogen-bond donors (Lipinski definition) is 1. The summed E-state index contributed by atoms with van der Waals surface area (Å²) in [6.45, 7) is 13.5. The van der Waals surface area contributed by atoms with Crippen LogP contribution in [0, 0.1) is 17.3 Å². The largest absolute Gasteiger partial charge is 0.479 e. The molecule has 4 nitrogen and oxygen atoms in total. The molecule has 1 N–H and O–H groups in total. The van der Waals surface area contributed by atoms with Crippen molar-refractivity contribution in [2.45, 2.75) is 53.8 Å². The molecule has 0 saturated carbocycles. The Hall–Kier alpha value is -0.683. The molecule has 0 saturated heterocycles. The fraction of sp³-hybridized carbons (Fsp3) is 0.846. The first kappa shape index (κ1) is 17.3. The standard InChI is InChI=1S/C13H26O4Si/c1-8(2)9(13(3,4)5)10(14)11(12(15)16)17-18(6)7/h8-9,11,18H,1-7H3,(H,15,16)/t9-,11?/m1/s1. The van der Waals surface area contributed by atoms with Crippen LogP contribution in [-0.4, -0.2) is 32.0 Å². The van der Waals surface area contributed by atoms with Gasteiger partial charge in [-0.3, -0.25) is 4.79 Å². The van der Waals surface area contributed by atoms with Crippen molar-refractivity contribution in [3.63, 3.8) is 0 Å². The van der Waals surface area contributed by atoms with E-state index in [1.54, 1.807) is 0 Å². The molecule has 0 fully saturated rings. The number of carbonyl (C=O) groups excluding carboxylic acids is 1. The maximum atomic E-state index is 12.4. The van der Waals surface area contributed by atoms with Gasteiger partial charge in [0.15, 0.2) is 14.8 Å². The minimum Gasteiger partial charge on any atom is -0.479 e. The normalized spacial score (nSPS) is 15.8. The van der Waals surface area contributed by atoms with E-state index in [0.29, 0.717) is 0 Å². The first-order valence-electron chi connectivity index (χ1n) is 6.40. The molecule has 0 aromatic heterocycles. The summed E-state index contributed by atoms with van der Waals surface area (Å²) < 4.78 is 5.39. The summed E-state index contributed by atoms with van der Waals surface area (Å²) in [6, 6.07) is 0. The van der Waals surface area contributed by atoms with Gasteiger partial charge < -0.3 is 9.53 Å². The quantitative estimate of drug-likeness (QED) is 0.596. The minimum atomic E-state index is -1.57. The number of carbonyl (C=O) groups is 2. The van der Waals surface area contributed by atoms with E-state index in [-0.39, 0.29) is 23.0 Å². The molecular formula is C13H26O4Si. The number of Topliss-reactive ketones (excluding diaryl/α,β-unsaturated/α-hetero) is 1. The van der Waals surface area contributed by atoms with Crippen LogP contribution in [0.1, 0.15) is 34.6 Å². The Morgan fingerprint density at radius 2 is 1.61 bits per heavy atom. The Kier molecular flexibility index (Phi) is 6.23. The van der Waals surface area contributed by atoms with Gasteiger partial charge in [-0.2, -0.15) is 0 Å². The molecule has 2 atom stereocenters. The van der Waals surface area contributed by atoms with E-state index in [1.807, 2.05) is 47.7 Å². The van der Waals surface area contributed by atoms with Crippen molar-refractivity contribution < 1.29 is 19.1 Å². The van der Waals surface area contributed by atoms with Gasteiger partial charge in [-0.25, -0.2) is 4.79 Å². The van der Waals surface area contributed by atoms with Gasteiger partial charge in [0.05, 0.1) is 0 Å². The lowest BCUT2D eigenvalue weighted by Crippen LogP contribution is -2.45. The summed E-state index contributed by atoms with van der Waals surface area (Å²) in [5.41, 5.74) is -0.263. The van der Waals surface area contributed by atoms with Crippen molar-refractivity contribution in [2.24, 2.45) is 17.3 Å². The molecule has 106 valence electrons. The number of rotatable bonds is 6. The Morgan fingerprint density at radius 3 is 1.83 bits per heavy atom. The van der Waals surface area contributed by atoms with Crippen LogP contribution in [-0.2, 0) is 14.0 Å². The summed E-state index contributed by atoms with van der Waals surface area (Å²) in [7, 11) is -1.57. The highest BCUT2D eigenvalue weighted by Crippen LogP contribution is 2.34. The van der Waals surface area contributed by atoms with Crippen LogP contribution in [0.5, 0.6) is 0 Å². The van der Waals surface area contributed by atoms with E-state index in [0.717, 1.165) is 0 Å². The third kappa shape index (κ3) is 4.90. The number of carboxylic acid groups (broad SMARTS) is 1. The van der Waals surface area contributed by atoms with E-state index in [9.17, 15) is 9.59 Å². The van der Waals surface area contributed by atoms with Gasteiger partial charge in [-0.15, -0.1) is 0 Å². The van der Waals surface area contributed by atoms with Gasteiger partial charge in [0.25, 0.3) is 0 Å². The smallest absolute Gasteiger partial charge is 0.339 e. The van der Waals surface area contributed by atoms with Crippen LogP contribution >= 0.6 is 0 Å². The van der Waals surface area contributed by atoms with Crippen molar-refractivity contribution in [3.05, 3.63) is 0 Å². The first-order valence-corrected chi connectivity index (χ1v) is 9.18. The second-order valence-corrected chi connectivity index (χ2v) is 8.76. The van der Waals surface area contributed by atoms with E-state index < -0.39 is 21.1 Å². The second-order valence-electron chi connectivity index (χ2n) is 6.39. The zero-order valence-corrected chi connectivity index (χ0v) is 13.6. The zero-order valence-electron chi connectivity index (χ0n) is 12.5. The third-order valence-corrected chi connectivity index (χ3v) is 3.61. The Labute approximate surface area is 111 Å². The van der Waals surface area contributed by atoms with Crippen LogP contribution in [0.2, 0.25) is 13.1 Å². The molecule has 0 aromatic carbocycles. The molecule has 0 aliphatic carbocycles. The molecular weight excluding hydrogens is 248 g/mol. The highest BCUT2D eigenvalue weighted by molar-refractivity contribution is 6.49. The van der Waals surface area contributed by atoms with Gasteiger partial charge in [0.1, 0.15) is 0 Å². The third-order valence-electron chi connectivity index (χ3n) is 2.80. The van der Waals surface area contributed by atoms with Crippen LogP contribution in [0.15, 0.2) is 0 Å². The molecule has 5 heteroatoms. The van der Waals surface area contributed by atoms with Crippen LogP contribution in [0.25, 0.3) is 0 Å². The lowest BCUT2D eigenvalue weighted by molar-refractivity contribution is -0.154. The fourth-order valence-corrected chi connectivity index (χ4v) is 3.23.